The molecule has 2 rings (SSSR count). The Labute approximate surface area is 99.0 Å². The molecule has 1 heterocycles. The summed E-state index contributed by atoms with van der Waals surface area (Å²) < 4.78 is 20.8. The Morgan fingerprint density at radius 2 is 2.29 bits per heavy atom. The summed E-state index contributed by atoms with van der Waals surface area (Å²) in [5.41, 5.74) is 0.774. The Balaban J connectivity index is 2.30. The van der Waals surface area contributed by atoms with E-state index >= 15 is 0 Å². The average molecular weight is 235 g/mol. The fourth-order valence-corrected chi connectivity index (χ4v) is 1.57. The minimum Gasteiger partial charge on any atom is -0.451 e. The first-order valence-electron chi connectivity index (χ1n) is 5.29. The second-order valence-corrected chi connectivity index (χ2v) is 3.71. The molecule has 2 aromatic rings. The highest BCUT2D eigenvalue weighted by Crippen LogP contribution is 2.27. The first-order valence-corrected chi connectivity index (χ1v) is 5.29. The van der Waals surface area contributed by atoms with E-state index in [2.05, 4.69) is 10.4 Å². The molecule has 17 heavy (non-hydrogen) atoms. The van der Waals surface area contributed by atoms with E-state index in [0.717, 1.165) is 5.56 Å². The molecule has 5 heteroatoms. The number of nitrogens with one attached hydrogen (secondary N) is 1. The summed E-state index contributed by atoms with van der Waals surface area (Å²) in [4.78, 5) is 0. The summed E-state index contributed by atoms with van der Waals surface area (Å²) in [7, 11) is 3.58. The second-order valence-electron chi connectivity index (χ2n) is 3.71. The Bertz CT molecular complexity index is 510. The number of benzene rings is 1. The summed E-state index contributed by atoms with van der Waals surface area (Å²) in [5, 5.41) is 6.95. The van der Waals surface area contributed by atoms with Gasteiger partial charge in [0.1, 0.15) is 0 Å². The van der Waals surface area contributed by atoms with E-state index in [0.29, 0.717) is 12.3 Å². The Kier molecular flexibility index (Phi) is 3.39. The Morgan fingerprint density at radius 1 is 1.47 bits per heavy atom. The zero-order chi connectivity index (χ0) is 12.3. The molecule has 1 aromatic carbocycles. The lowest BCUT2D eigenvalue weighted by atomic mass is 10.2. The van der Waals surface area contributed by atoms with Crippen LogP contribution < -0.4 is 10.1 Å². The number of ether oxygens (including phenoxy) is 1. The SMILES string of the molecule is CNCc1cccc(F)c1Oc1cnn(C)c1. The van der Waals surface area contributed by atoms with Gasteiger partial charge in [0, 0.05) is 19.2 Å². The molecule has 0 unspecified atom stereocenters. The van der Waals surface area contributed by atoms with Crippen molar-refractivity contribution in [3.05, 3.63) is 42.0 Å². The molecule has 0 amide bonds. The fourth-order valence-electron chi connectivity index (χ4n) is 1.57. The number of hydrogen-bond donors (Lipinski definition) is 1. The molecule has 0 spiro atoms. The third kappa shape index (κ3) is 2.62. The number of nitrogens with zero attached hydrogens (tertiary/aromatic N) is 2. The predicted molar refractivity (Wildman–Crippen MR) is 62.4 cm³/mol. The molecule has 0 aliphatic rings. The lowest BCUT2D eigenvalue weighted by Crippen LogP contribution is -2.07. The highest BCUT2D eigenvalue weighted by molar-refractivity contribution is 5.38. The number of aryl methyl sites for hydroxylation is 1. The van der Waals surface area contributed by atoms with E-state index in [1.54, 1.807) is 37.2 Å². The Hall–Kier alpha value is -1.88. The van der Waals surface area contributed by atoms with Gasteiger partial charge in [0.05, 0.1) is 12.4 Å². The van der Waals surface area contributed by atoms with Gasteiger partial charge in [0.15, 0.2) is 17.3 Å². The number of para-hydroxylation sites is 1. The average Bonchev–Trinajstić information content (AvgIpc) is 2.70. The van der Waals surface area contributed by atoms with E-state index in [-0.39, 0.29) is 11.6 Å². The molecule has 1 N–H and O–H groups in total. The quantitative estimate of drug-likeness (QED) is 0.881. The van der Waals surface area contributed by atoms with Gasteiger partial charge < -0.3 is 10.1 Å². The van der Waals surface area contributed by atoms with Gasteiger partial charge in [0.2, 0.25) is 0 Å². The standard InChI is InChI=1S/C12H14FN3O/c1-14-6-9-4-3-5-11(13)12(9)17-10-7-15-16(2)8-10/h3-5,7-8,14H,6H2,1-2H3. The first kappa shape index (κ1) is 11.6. The molecule has 1 aromatic heterocycles. The molecule has 0 saturated heterocycles. The molecule has 0 radical (unpaired) electrons. The second kappa shape index (κ2) is 4.97. The topological polar surface area (TPSA) is 39.1 Å². The van der Waals surface area contributed by atoms with Gasteiger partial charge in [-0.2, -0.15) is 5.10 Å². The highest BCUT2D eigenvalue weighted by atomic mass is 19.1. The molecule has 0 aliphatic heterocycles. The lowest BCUT2D eigenvalue weighted by molar-refractivity contribution is 0.434. The van der Waals surface area contributed by atoms with E-state index in [4.69, 9.17) is 4.74 Å². The third-order valence-electron chi connectivity index (χ3n) is 2.32. The normalized spacial score (nSPS) is 10.5. The molecule has 4 nitrogen and oxygen atoms in total. The third-order valence-corrected chi connectivity index (χ3v) is 2.32. The highest BCUT2D eigenvalue weighted by Gasteiger charge is 2.11. The molecular weight excluding hydrogens is 221 g/mol. The summed E-state index contributed by atoms with van der Waals surface area (Å²) in [6.07, 6.45) is 3.24. The summed E-state index contributed by atoms with van der Waals surface area (Å²) in [5.74, 6) is 0.395. The van der Waals surface area contributed by atoms with Gasteiger partial charge in [-0.15, -0.1) is 0 Å². The minimum absolute atomic E-state index is 0.245. The van der Waals surface area contributed by atoms with Gasteiger partial charge in [-0.05, 0) is 13.1 Å². The van der Waals surface area contributed by atoms with Crippen LogP contribution in [0, 0.1) is 5.82 Å². The maximum absolute atomic E-state index is 13.7. The monoisotopic (exact) mass is 235 g/mol. The van der Waals surface area contributed by atoms with Crippen LogP contribution in [-0.2, 0) is 13.6 Å². The van der Waals surface area contributed by atoms with Crippen LogP contribution in [0.4, 0.5) is 4.39 Å². The van der Waals surface area contributed by atoms with E-state index in [1.165, 1.54) is 6.07 Å². The molecule has 90 valence electrons. The van der Waals surface area contributed by atoms with Crippen molar-refractivity contribution in [2.75, 3.05) is 7.05 Å². The van der Waals surface area contributed by atoms with Crippen molar-refractivity contribution in [2.24, 2.45) is 7.05 Å². The van der Waals surface area contributed by atoms with Gasteiger partial charge in [0.25, 0.3) is 0 Å². The molecule has 0 bridgehead atoms. The van der Waals surface area contributed by atoms with Gasteiger partial charge in [-0.1, -0.05) is 12.1 Å². The largest absolute Gasteiger partial charge is 0.451 e. The molecule has 0 fully saturated rings. The first-order chi connectivity index (χ1) is 8.20. The Morgan fingerprint density at radius 3 is 2.94 bits per heavy atom. The zero-order valence-electron chi connectivity index (χ0n) is 9.77. The summed E-state index contributed by atoms with van der Waals surface area (Å²) in [6.45, 7) is 0.549. The molecule has 0 atom stereocenters. The van der Waals surface area contributed by atoms with Crippen LogP contribution in [0.5, 0.6) is 11.5 Å². The van der Waals surface area contributed by atoms with Crippen molar-refractivity contribution in [3.8, 4) is 11.5 Å². The van der Waals surface area contributed by atoms with Crippen LogP contribution in [0.3, 0.4) is 0 Å². The number of hydrogen-bond acceptors (Lipinski definition) is 3. The van der Waals surface area contributed by atoms with Gasteiger partial charge in [-0.25, -0.2) is 4.39 Å². The van der Waals surface area contributed by atoms with E-state index < -0.39 is 0 Å². The molecular formula is C12H14FN3O. The minimum atomic E-state index is -0.374. The van der Waals surface area contributed by atoms with Crippen molar-refractivity contribution >= 4 is 0 Å². The maximum atomic E-state index is 13.7. The molecule has 0 saturated carbocycles. The number of halogens is 1. The van der Waals surface area contributed by atoms with Gasteiger partial charge >= 0.3 is 0 Å². The van der Waals surface area contributed by atoms with Crippen LogP contribution in [0.25, 0.3) is 0 Å². The summed E-state index contributed by atoms with van der Waals surface area (Å²) >= 11 is 0. The lowest BCUT2D eigenvalue weighted by Gasteiger charge is -2.10. The fraction of sp³-hybridized carbons (Fsp3) is 0.250. The summed E-state index contributed by atoms with van der Waals surface area (Å²) in [6, 6.07) is 4.87. The number of rotatable bonds is 4. The molecule has 0 aliphatic carbocycles. The van der Waals surface area contributed by atoms with Crippen molar-refractivity contribution < 1.29 is 9.13 Å². The number of aromatic nitrogens is 2. The smallest absolute Gasteiger partial charge is 0.167 e. The van der Waals surface area contributed by atoms with Crippen LogP contribution in [0.1, 0.15) is 5.56 Å². The zero-order valence-corrected chi connectivity index (χ0v) is 9.77. The van der Waals surface area contributed by atoms with Crippen LogP contribution in [0.2, 0.25) is 0 Å². The van der Waals surface area contributed by atoms with E-state index in [1.807, 2.05) is 6.07 Å². The van der Waals surface area contributed by atoms with Crippen LogP contribution in [0.15, 0.2) is 30.6 Å². The van der Waals surface area contributed by atoms with Gasteiger partial charge in [-0.3, -0.25) is 4.68 Å². The van der Waals surface area contributed by atoms with Crippen molar-refractivity contribution in [1.82, 2.24) is 15.1 Å². The van der Waals surface area contributed by atoms with E-state index in [9.17, 15) is 4.39 Å². The van der Waals surface area contributed by atoms with Crippen molar-refractivity contribution in [1.29, 1.82) is 0 Å². The van der Waals surface area contributed by atoms with Crippen molar-refractivity contribution in [2.45, 2.75) is 6.54 Å². The van der Waals surface area contributed by atoms with Crippen LogP contribution >= 0.6 is 0 Å². The maximum Gasteiger partial charge on any atom is 0.167 e. The van der Waals surface area contributed by atoms with Crippen LogP contribution in [-0.4, -0.2) is 16.8 Å². The van der Waals surface area contributed by atoms with Crippen molar-refractivity contribution in [3.63, 3.8) is 0 Å². The predicted octanol–water partition coefficient (Wildman–Crippen LogP) is 2.07.